The number of rotatable bonds is 13. The molecule has 0 bridgehead atoms. The molecule has 1 amide bonds. The molecule has 11 heteroatoms. The number of nitrogens with zero attached hydrogens (tertiary/aromatic N) is 1. The van der Waals surface area contributed by atoms with Gasteiger partial charge < -0.3 is 30.1 Å². The molecule has 5 rings (SSSR count). The molecule has 1 saturated heterocycles. The fourth-order valence-corrected chi connectivity index (χ4v) is 6.57. The van der Waals surface area contributed by atoms with Crippen molar-refractivity contribution in [2.24, 2.45) is 5.92 Å². The van der Waals surface area contributed by atoms with E-state index >= 15 is 0 Å². The number of amides is 1. The Morgan fingerprint density at radius 1 is 0.872 bits per heavy atom. The highest BCUT2D eigenvalue weighted by atomic mass is 32.2. The molecule has 1 aromatic heterocycles. The molecule has 0 aliphatic carbocycles. The number of hydrogen-bond acceptors (Lipinski definition) is 8. The van der Waals surface area contributed by atoms with Gasteiger partial charge in [-0.25, -0.2) is 9.78 Å². The van der Waals surface area contributed by atoms with Crippen LogP contribution in [-0.2, 0) is 32.2 Å². The summed E-state index contributed by atoms with van der Waals surface area (Å²) in [6.07, 6.45) is -0.0830. The normalized spacial score (nSPS) is 19.2. The van der Waals surface area contributed by atoms with Crippen molar-refractivity contribution in [2.75, 3.05) is 5.75 Å². The average Bonchev–Trinajstić information content (AvgIpc) is 3.09. The fraction of sp³-hybridized carbons (Fsp3) is 0.278. The van der Waals surface area contributed by atoms with E-state index < -0.39 is 18.2 Å². The summed E-state index contributed by atoms with van der Waals surface area (Å²) < 4.78 is 13.1. The van der Waals surface area contributed by atoms with Crippen LogP contribution in [0.15, 0.2) is 96.2 Å². The van der Waals surface area contributed by atoms with E-state index in [0.717, 1.165) is 33.4 Å². The lowest BCUT2D eigenvalue weighted by Gasteiger charge is -2.41. The van der Waals surface area contributed by atoms with E-state index in [1.54, 1.807) is 12.3 Å². The second-order valence-corrected chi connectivity index (χ2v) is 12.3. The zero-order valence-corrected chi connectivity index (χ0v) is 26.6. The van der Waals surface area contributed by atoms with Crippen LogP contribution < -0.4 is 5.32 Å². The molecule has 1 aliphatic rings. The van der Waals surface area contributed by atoms with Crippen molar-refractivity contribution in [1.82, 2.24) is 10.3 Å². The van der Waals surface area contributed by atoms with E-state index in [4.69, 9.17) is 14.6 Å². The number of nitrogens with one attached hydrogen (secondary N) is 1. The summed E-state index contributed by atoms with van der Waals surface area (Å²) in [6, 6.07) is 26.3. The highest BCUT2D eigenvalue weighted by Gasteiger charge is 2.38. The maximum absolute atomic E-state index is 12.1. The molecule has 3 aromatic carbocycles. The molecule has 4 aromatic rings. The first-order valence-corrected chi connectivity index (χ1v) is 16.2. The molecule has 0 unspecified atom stereocenters. The predicted octanol–water partition coefficient (Wildman–Crippen LogP) is 6.00. The first kappa shape index (κ1) is 33.8. The number of pyridine rings is 1. The van der Waals surface area contributed by atoms with Gasteiger partial charge in [0.2, 0.25) is 5.91 Å². The van der Waals surface area contributed by atoms with Gasteiger partial charge in [0.1, 0.15) is 5.03 Å². The maximum atomic E-state index is 12.1. The quantitative estimate of drug-likeness (QED) is 0.126. The predicted molar refractivity (Wildman–Crippen MR) is 175 cm³/mol. The van der Waals surface area contributed by atoms with Crippen LogP contribution in [0.3, 0.4) is 0 Å². The van der Waals surface area contributed by atoms with Gasteiger partial charge >= 0.3 is 11.9 Å². The average molecular weight is 657 g/mol. The molecular formula is C36H36N2O8S. The smallest absolute Gasteiger partial charge is 0.338 e. The van der Waals surface area contributed by atoms with Crippen molar-refractivity contribution < 1.29 is 39.2 Å². The number of benzene rings is 3. The van der Waals surface area contributed by atoms with Crippen LogP contribution in [0.5, 0.6) is 0 Å². The number of thioether (sulfide) groups is 1. The summed E-state index contributed by atoms with van der Waals surface area (Å²) in [4.78, 5) is 39.0. The van der Waals surface area contributed by atoms with Crippen LogP contribution in [0.25, 0.3) is 11.1 Å². The molecule has 47 heavy (non-hydrogen) atoms. The van der Waals surface area contributed by atoms with Crippen LogP contribution in [0.2, 0.25) is 0 Å². The van der Waals surface area contributed by atoms with Crippen molar-refractivity contribution in [3.05, 3.63) is 119 Å². The lowest BCUT2D eigenvalue weighted by molar-refractivity contribution is -0.268. The first-order chi connectivity index (χ1) is 22.7. The van der Waals surface area contributed by atoms with E-state index in [0.29, 0.717) is 10.8 Å². The minimum absolute atomic E-state index is 0.0606. The molecule has 0 spiro atoms. The number of carboxylic acids is 2. The monoisotopic (exact) mass is 656 g/mol. The van der Waals surface area contributed by atoms with Gasteiger partial charge in [0.05, 0.1) is 30.8 Å². The summed E-state index contributed by atoms with van der Waals surface area (Å²) in [7, 11) is 0. The largest absolute Gasteiger partial charge is 0.481 e. The second kappa shape index (κ2) is 15.8. The van der Waals surface area contributed by atoms with Gasteiger partial charge in [-0.1, -0.05) is 79.7 Å². The molecule has 0 radical (unpaired) electrons. The maximum Gasteiger partial charge on any atom is 0.338 e. The molecule has 4 N–H and O–H groups in total. The van der Waals surface area contributed by atoms with Crippen LogP contribution in [0.1, 0.15) is 64.8 Å². The van der Waals surface area contributed by atoms with Gasteiger partial charge in [-0.3, -0.25) is 9.59 Å². The summed E-state index contributed by atoms with van der Waals surface area (Å²) >= 11 is 1.33. The van der Waals surface area contributed by atoms with Crippen molar-refractivity contribution in [3.63, 3.8) is 0 Å². The standard InChI is InChI=1S/C36H36N2O8S/c1-22-30(21-47-34-29(35(43)44)7-4-18-37-34)45-36(46-33(22)25-10-8-23(20-39)9-11-25)26-14-12-24(13-15-26)28-6-3-2-5-27(28)19-38-31(40)16-17-32(41)42/h2-15,18,22,30,33,36,39H,16-17,19-21H2,1H3,(H,38,40)(H,41,42)(H,43,44)/t22-,30+,33+,36+/m0/s1. The van der Waals surface area contributed by atoms with E-state index in [-0.39, 0.29) is 55.6 Å². The summed E-state index contributed by atoms with van der Waals surface area (Å²) in [5, 5.41) is 31.2. The van der Waals surface area contributed by atoms with Gasteiger partial charge in [-0.2, -0.15) is 0 Å². The highest BCUT2D eigenvalue weighted by molar-refractivity contribution is 7.99. The Kier molecular flexibility index (Phi) is 11.4. The molecule has 1 fully saturated rings. The zero-order chi connectivity index (χ0) is 33.3. The number of aliphatic hydroxyl groups excluding tert-OH is 1. The molecule has 1 aliphatic heterocycles. The lowest BCUT2D eigenvalue weighted by atomic mass is 9.91. The number of hydrogen-bond donors (Lipinski definition) is 4. The summed E-state index contributed by atoms with van der Waals surface area (Å²) in [5.41, 5.74) is 5.42. The third-order valence-electron chi connectivity index (χ3n) is 8.06. The molecule has 244 valence electrons. The van der Waals surface area contributed by atoms with Crippen LogP contribution in [0, 0.1) is 5.92 Å². The number of aliphatic carboxylic acids is 1. The zero-order valence-electron chi connectivity index (χ0n) is 25.7. The number of aliphatic hydroxyl groups is 1. The number of ether oxygens (including phenoxy) is 2. The first-order valence-electron chi connectivity index (χ1n) is 15.2. The third-order valence-corrected chi connectivity index (χ3v) is 9.16. The molecular weight excluding hydrogens is 620 g/mol. The van der Waals surface area contributed by atoms with Gasteiger partial charge in [-0.15, -0.1) is 11.8 Å². The Morgan fingerprint density at radius 3 is 2.30 bits per heavy atom. The Balaban J connectivity index is 1.36. The molecule has 4 atom stereocenters. The van der Waals surface area contributed by atoms with Gasteiger partial charge in [0, 0.05) is 36.4 Å². The molecule has 10 nitrogen and oxygen atoms in total. The lowest BCUT2D eigenvalue weighted by Crippen LogP contribution is -2.38. The minimum Gasteiger partial charge on any atom is -0.481 e. The SMILES string of the molecule is C[C@H]1[C@@H](CSc2ncccc2C(=O)O)O[C@@H](c2ccc(-c3ccccc3CNC(=O)CCC(=O)O)cc2)O[C@H]1c1ccc(CO)cc1. The third kappa shape index (κ3) is 8.63. The van der Waals surface area contributed by atoms with Crippen LogP contribution in [0.4, 0.5) is 0 Å². The van der Waals surface area contributed by atoms with Crippen molar-refractivity contribution in [1.29, 1.82) is 0 Å². The van der Waals surface area contributed by atoms with E-state index in [9.17, 15) is 24.6 Å². The Morgan fingerprint density at radius 2 is 1.60 bits per heavy atom. The summed E-state index contributed by atoms with van der Waals surface area (Å²) in [5.74, 6) is -2.02. The topological polar surface area (TPSA) is 155 Å². The minimum atomic E-state index is -1.04. The van der Waals surface area contributed by atoms with Crippen LogP contribution >= 0.6 is 11.8 Å². The number of carbonyl (C=O) groups excluding carboxylic acids is 1. The Hall–Kier alpha value is -4.55. The van der Waals surface area contributed by atoms with Gasteiger partial charge in [0.15, 0.2) is 6.29 Å². The number of carboxylic acid groups (broad SMARTS) is 2. The summed E-state index contributed by atoms with van der Waals surface area (Å²) in [6.45, 7) is 2.25. The molecule has 0 saturated carbocycles. The number of carbonyl (C=O) groups is 3. The Bertz CT molecular complexity index is 1700. The number of aromatic carboxylic acids is 1. The van der Waals surface area contributed by atoms with Crippen LogP contribution in [-0.4, -0.2) is 50.0 Å². The van der Waals surface area contributed by atoms with Gasteiger partial charge in [-0.05, 0) is 39.9 Å². The Labute approximate surface area is 276 Å². The molecule has 2 heterocycles. The van der Waals surface area contributed by atoms with E-state index in [1.807, 2.05) is 79.7 Å². The van der Waals surface area contributed by atoms with Crippen molar-refractivity contribution >= 4 is 29.6 Å². The van der Waals surface area contributed by atoms with Gasteiger partial charge in [0.25, 0.3) is 0 Å². The second-order valence-electron chi connectivity index (χ2n) is 11.2. The highest BCUT2D eigenvalue weighted by Crippen LogP contribution is 2.43. The number of aromatic nitrogens is 1. The van der Waals surface area contributed by atoms with Crippen molar-refractivity contribution in [3.8, 4) is 11.1 Å². The van der Waals surface area contributed by atoms with E-state index in [1.165, 1.54) is 17.8 Å². The van der Waals surface area contributed by atoms with Crippen molar-refractivity contribution in [2.45, 2.75) is 56.4 Å². The van der Waals surface area contributed by atoms with E-state index in [2.05, 4.69) is 10.3 Å². The fourth-order valence-electron chi connectivity index (χ4n) is 5.42.